The molecule has 5 unspecified atom stereocenters. The number of piperidine rings is 2. The lowest BCUT2D eigenvalue weighted by Crippen LogP contribution is -2.54. The number of carbonyl (C=O) groups is 5. The van der Waals surface area contributed by atoms with E-state index in [4.69, 9.17) is 30.6 Å². The summed E-state index contributed by atoms with van der Waals surface area (Å²) in [6, 6.07) is 9.42. The first-order valence-corrected chi connectivity index (χ1v) is 26.0. The lowest BCUT2D eigenvalue weighted by atomic mass is 9.94. The van der Waals surface area contributed by atoms with Crippen molar-refractivity contribution < 1.29 is 52.1 Å². The number of pyridine rings is 1. The molecule has 9 heterocycles. The predicted octanol–water partition coefficient (Wildman–Crippen LogP) is 6.01. The number of rotatable bonds is 12. The van der Waals surface area contributed by atoms with E-state index in [0.29, 0.717) is 74.5 Å². The maximum atomic E-state index is 17.3. The number of likely N-dealkylation sites (tertiary alicyclic amines) is 1. The number of ether oxygens (including phenoxy) is 3. The van der Waals surface area contributed by atoms with Crippen LogP contribution >= 0.6 is 0 Å². The number of nitrogens with zero attached hydrogens (tertiary/aromatic N) is 7. The quantitative estimate of drug-likeness (QED) is 0.0743. The third kappa shape index (κ3) is 8.78. The number of aromatic nitrogens is 3. The van der Waals surface area contributed by atoms with Crippen LogP contribution in [0.3, 0.4) is 0 Å². The number of anilines is 1. The van der Waals surface area contributed by atoms with E-state index in [1.807, 2.05) is 0 Å². The Morgan fingerprint density at radius 1 is 0.934 bits per heavy atom. The number of phenolic OH excluding ortho intramolecular Hbond substituents is 1. The number of hydrogen-bond acceptors (Lipinski definition) is 15. The molecule has 0 aliphatic carbocycles. The highest BCUT2D eigenvalue weighted by atomic mass is 19.1. The minimum Gasteiger partial charge on any atom is -0.508 e. The molecule has 2 aromatic heterocycles. The molecule has 5 aromatic rings. The van der Waals surface area contributed by atoms with Gasteiger partial charge in [-0.3, -0.25) is 39.3 Å². The van der Waals surface area contributed by atoms with Gasteiger partial charge in [0.25, 0.3) is 11.8 Å². The number of piperazine rings is 1. The molecule has 3 aromatic carbocycles. The van der Waals surface area contributed by atoms with Gasteiger partial charge in [-0.05, 0) is 105 Å². The number of phenols is 1. The molecule has 0 saturated carbocycles. The third-order valence-electron chi connectivity index (χ3n) is 16.5. The number of nitrogens with one attached hydrogen (secondary N) is 2. The Morgan fingerprint density at radius 3 is 2.50 bits per heavy atom. The Labute approximate surface area is 435 Å². The van der Waals surface area contributed by atoms with Crippen molar-refractivity contribution in [2.45, 2.75) is 93.9 Å². The second kappa shape index (κ2) is 19.4. The van der Waals surface area contributed by atoms with Gasteiger partial charge in [-0.25, -0.2) is 13.6 Å². The number of carbonyl (C=O) groups excluding carboxylic acids is 5. The first kappa shape index (κ1) is 49.1. The van der Waals surface area contributed by atoms with Gasteiger partial charge in [0.05, 0.1) is 34.2 Å². The summed E-state index contributed by atoms with van der Waals surface area (Å²) in [6.07, 6.45) is 13.4. The second-order valence-corrected chi connectivity index (χ2v) is 21.3. The van der Waals surface area contributed by atoms with Crippen LogP contribution < -0.4 is 25.0 Å². The van der Waals surface area contributed by atoms with E-state index in [2.05, 4.69) is 37.9 Å². The van der Waals surface area contributed by atoms with Gasteiger partial charge in [-0.1, -0.05) is 24.1 Å². The first-order valence-electron chi connectivity index (χ1n) is 26.0. The molecule has 12 rings (SSSR count). The van der Waals surface area contributed by atoms with E-state index >= 15 is 8.78 Å². The molecule has 0 spiro atoms. The normalized spacial score (nSPS) is 24.6. The highest BCUT2D eigenvalue weighted by Crippen LogP contribution is 2.45. The maximum absolute atomic E-state index is 17.3. The van der Waals surface area contributed by atoms with Crippen LogP contribution in [0, 0.1) is 29.9 Å². The number of aromatic hydroxyl groups is 1. The van der Waals surface area contributed by atoms with Crippen LogP contribution in [0.25, 0.3) is 32.9 Å². The zero-order valence-electron chi connectivity index (χ0n) is 41.6. The molecule has 0 radical (unpaired) electrons. The number of imide groups is 2. The fourth-order valence-corrected chi connectivity index (χ4v) is 12.7. The van der Waals surface area contributed by atoms with Crippen LogP contribution in [0.4, 0.5) is 19.4 Å². The molecule has 76 heavy (non-hydrogen) atoms. The molecule has 6 fully saturated rings. The van der Waals surface area contributed by atoms with Gasteiger partial charge in [0.2, 0.25) is 11.8 Å². The SMILES string of the molecule is C#Cc1c(F)ccc2cc(O)cc(-c3ncc4c(N5CC6CCC(C5)N6)nc(OCC56CCC(COC(=O)N7CCC(CCOc8ccc9c(c8)C(=O)N(C8CCC(=O)NC8=O)C9=O)CC7)N5CC(=C)C6)nc4c3F)c12. The van der Waals surface area contributed by atoms with Gasteiger partial charge in [-0.15, -0.1) is 6.42 Å². The van der Waals surface area contributed by atoms with Crippen molar-refractivity contribution >= 4 is 57.2 Å². The summed E-state index contributed by atoms with van der Waals surface area (Å²) >= 11 is 0. The Bertz CT molecular complexity index is 3330. The zero-order chi connectivity index (χ0) is 52.6. The molecule has 3 N–H and O–H groups in total. The number of halogens is 2. The van der Waals surface area contributed by atoms with Crippen molar-refractivity contribution in [3.8, 4) is 41.1 Å². The molecule has 18 nitrogen and oxygen atoms in total. The van der Waals surface area contributed by atoms with Crippen LogP contribution in [-0.4, -0.2) is 147 Å². The molecule has 7 aliphatic heterocycles. The van der Waals surface area contributed by atoms with Crippen molar-refractivity contribution in [1.29, 1.82) is 0 Å². The Balaban J connectivity index is 0.684. The second-order valence-electron chi connectivity index (χ2n) is 21.3. The minimum atomic E-state index is -1.05. The standard InChI is InChI=1S/C56H55F2N9O9/c1-3-38-43(57)9-4-32-20-36(68)21-41(46(32)38)48-47(58)49-42(24-59-48)50(65-26-33-5-6-34(27-65)60-33)63-54(62-49)76-29-56-16-12-35(66(56)25-30(2)23-56)28-75-55(73)64-17-13-31(14-18-64)15-19-74-37-7-8-39-40(22-37)53(72)67(52(39)71)44-10-11-45(69)61-51(44)70/h1,4,7-9,20-22,24,31,33-35,44,60,68H,2,5-6,10-19,23,25-29H2,(H,61,69,70). The summed E-state index contributed by atoms with van der Waals surface area (Å²) in [4.78, 5) is 85.2. The van der Waals surface area contributed by atoms with Gasteiger partial charge in [0, 0.05) is 74.4 Å². The molecule has 6 saturated heterocycles. The fraction of sp³-hybridized carbons (Fsp3) is 0.429. The zero-order valence-corrected chi connectivity index (χ0v) is 41.6. The summed E-state index contributed by atoms with van der Waals surface area (Å²) < 4.78 is 50.9. The molecular weight excluding hydrogens is 981 g/mol. The summed E-state index contributed by atoms with van der Waals surface area (Å²) in [5, 5.41) is 17.6. The topological polar surface area (TPSA) is 209 Å². The molecule has 20 heteroatoms. The van der Waals surface area contributed by atoms with Crippen LogP contribution in [0.2, 0.25) is 0 Å². The lowest BCUT2D eigenvalue weighted by Gasteiger charge is -2.35. The number of hydrogen-bond donors (Lipinski definition) is 3. The molecule has 392 valence electrons. The van der Waals surface area contributed by atoms with Gasteiger partial charge in [0.1, 0.15) is 53.6 Å². The van der Waals surface area contributed by atoms with Crippen molar-refractivity contribution in [2.75, 3.05) is 57.4 Å². The monoisotopic (exact) mass is 1040 g/mol. The first-order chi connectivity index (χ1) is 36.7. The average Bonchev–Trinajstić information content (AvgIpc) is 4.18. The maximum Gasteiger partial charge on any atom is 0.409 e. The summed E-state index contributed by atoms with van der Waals surface area (Å²) in [5.74, 6) is -0.316. The third-order valence-corrected chi connectivity index (χ3v) is 16.5. The van der Waals surface area contributed by atoms with Crippen LogP contribution in [-0.2, 0) is 14.3 Å². The van der Waals surface area contributed by atoms with Gasteiger partial charge >= 0.3 is 12.1 Å². The van der Waals surface area contributed by atoms with Crippen LogP contribution in [0.5, 0.6) is 17.5 Å². The largest absolute Gasteiger partial charge is 0.508 e. The average molecular weight is 1040 g/mol. The molecule has 2 bridgehead atoms. The van der Waals surface area contributed by atoms with E-state index in [1.54, 1.807) is 11.0 Å². The Morgan fingerprint density at radius 2 is 1.72 bits per heavy atom. The number of amides is 5. The van der Waals surface area contributed by atoms with E-state index < -0.39 is 46.8 Å². The van der Waals surface area contributed by atoms with Crippen molar-refractivity contribution in [3.63, 3.8) is 0 Å². The Kier molecular flexibility index (Phi) is 12.6. The minimum absolute atomic E-state index is 0.0188. The van der Waals surface area contributed by atoms with Crippen LogP contribution in [0.15, 0.2) is 60.8 Å². The molecule has 7 aliphatic rings. The lowest BCUT2D eigenvalue weighted by molar-refractivity contribution is -0.136. The van der Waals surface area contributed by atoms with Gasteiger partial charge < -0.3 is 34.4 Å². The number of benzene rings is 3. The molecule has 5 atom stereocenters. The summed E-state index contributed by atoms with van der Waals surface area (Å²) in [5.41, 5.74) is 0.691. The van der Waals surface area contributed by atoms with Gasteiger partial charge in [0.15, 0.2) is 5.82 Å². The van der Waals surface area contributed by atoms with Crippen molar-refractivity contribution in [3.05, 3.63) is 89.1 Å². The Hall–Kier alpha value is -7.76. The summed E-state index contributed by atoms with van der Waals surface area (Å²) in [7, 11) is 0. The van der Waals surface area contributed by atoms with E-state index in [0.717, 1.165) is 49.0 Å². The van der Waals surface area contributed by atoms with Crippen molar-refractivity contribution in [2.24, 2.45) is 5.92 Å². The molecule has 5 amide bonds. The number of fused-ring (bicyclic) bond motifs is 6. The smallest absolute Gasteiger partial charge is 0.409 e. The van der Waals surface area contributed by atoms with E-state index in [-0.39, 0.29) is 107 Å². The van der Waals surface area contributed by atoms with Crippen LogP contribution in [0.1, 0.15) is 90.5 Å². The molecular formula is C56H55F2N9O9. The fourth-order valence-electron chi connectivity index (χ4n) is 12.7. The highest BCUT2D eigenvalue weighted by molar-refractivity contribution is 6.23. The summed E-state index contributed by atoms with van der Waals surface area (Å²) in [6.45, 7) is 7.96. The predicted molar refractivity (Wildman–Crippen MR) is 273 cm³/mol. The van der Waals surface area contributed by atoms with Gasteiger partial charge in [-0.2, -0.15) is 9.97 Å². The van der Waals surface area contributed by atoms with E-state index in [1.165, 1.54) is 42.6 Å². The van der Waals surface area contributed by atoms with Crippen molar-refractivity contribution in [1.82, 2.24) is 40.3 Å². The van der Waals surface area contributed by atoms with E-state index in [9.17, 15) is 29.1 Å². The highest BCUT2D eigenvalue weighted by Gasteiger charge is 2.52. The number of terminal acetylenes is 1.